The van der Waals surface area contributed by atoms with Crippen molar-refractivity contribution in [3.05, 3.63) is 77.7 Å². The van der Waals surface area contributed by atoms with Gasteiger partial charge in [-0.2, -0.15) is 0 Å². The summed E-state index contributed by atoms with van der Waals surface area (Å²) in [4.78, 5) is 12.5. The van der Waals surface area contributed by atoms with E-state index in [1.807, 2.05) is 56.3 Å². The van der Waals surface area contributed by atoms with Crippen LogP contribution in [0, 0.1) is 6.92 Å². The molecule has 2 aromatic carbocycles. The number of rotatable bonds is 4. The van der Waals surface area contributed by atoms with Crippen molar-refractivity contribution in [2.75, 3.05) is 5.73 Å². The molecular formula is C20H20N2O2. The maximum absolute atomic E-state index is 12.5. The van der Waals surface area contributed by atoms with Crippen molar-refractivity contribution < 1.29 is 9.21 Å². The average molecular weight is 320 g/mol. The quantitative estimate of drug-likeness (QED) is 0.703. The molecule has 0 spiro atoms. The summed E-state index contributed by atoms with van der Waals surface area (Å²) in [5.74, 6) is 0.533. The molecule has 4 nitrogen and oxygen atoms in total. The molecule has 1 heterocycles. The Hall–Kier alpha value is -3.01. The molecule has 0 fully saturated rings. The van der Waals surface area contributed by atoms with Crippen molar-refractivity contribution in [2.45, 2.75) is 19.9 Å². The smallest absolute Gasteiger partial charge is 0.251 e. The Morgan fingerprint density at radius 2 is 1.83 bits per heavy atom. The highest BCUT2D eigenvalue weighted by atomic mass is 16.3. The molecule has 1 amide bonds. The van der Waals surface area contributed by atoms with Gasteiger partial charge in [-0.15, -0.1) is 0 Å². The van der Waals surface area contributed by atoms with Crippen molar-refractivity contribution >= 4 is 11.6 Å². The third kappa shape index (κ3) is 3.49. The van der Waals surface area contributed by atoms with Crippen molar-refractivity contribution in [2.24, 2.45) is 0 Å². The lowest BCUT2D eigenvalue weighted by atomic mass is 10.0. The van der Waals surface area contributed by atoms with E-state index in [-0.39, 0.29) is 11.9 Å². The monoisotopic (exact) mass is 320 g/mol. The van der Waals surface area contributed by atoms with Gasteiger partial charge in [-0.05, 0) is 55.3 Å². The van der Waals surface area contributed by atoms with Crippen LogP contribution in [0.5, 0.6) is 0 Å². The van der Waals surface area contributed by atoms with Crippen LogP contribution in [-0.4, -0.2) is 5.91 Å². The van der Waals surface area contributed by atoms with Gasteiger partial charge in [0, 0.05) is 11.3 Å². The second-order valence-corrected chi connectivity index (χ2v) is 5.92. The minimum Gasteiger partial charge on any atom is -0.467 e. The lowest BCUT2D eigenvalue weighted by Gasteiger charge is -2.13. The number of nitrogens with one attached hydrogen (secondary N) is 1. The fourth-order valence-electron chi connectivity index (χ4n) is 2.58. The Morgan fingerprint density at radius 1 is 1.08 bits per heavy atom. The molecule has 0 aliphatic heterocycles. The van der Waals surface area contributed by atoms with Gasteiger partial charge in [0.1, 0.15) is 5.76 Å². The maximum atomic E-state index is 12.5. The molecule has 1 atom stereocenters. The summed E-state index contributed by atoms with van der Waals surface area (Å²) in [6, 6.07) is 17.0. The van der Waals surface area contributed by atoms with Crippen LogP contribution in [0.1, 0.15) is 34.6 Å². The van der Waals surface area contributed by atoms with Gasteiger partial charge < -0.3 is 15.5 Å². The first kappa shape index (κ1) is 15.9. The summed E-state index contributed by atoms with van der Waals surface area (Å²) in [6.45, 7) is 3.92. The topological polar surface area (TPSA) is 68.3 Å². The Balaban J connectivity index is 1.85. The maximum Gasteiger partial charge on any atom is 0.251 e. The van der Waals surface area contributed by atoms with Gasteiger partial charge in [0.2, 0.25) is 0 Å². The number of nitrogen functional groups attached to an aromatic ring is 1. The number of benzene rings is 2. The zero-order valence-corrected chi connectivity index (χ0v) is 13.7. The Labute approximate surface area is 141 Å². The minimum absolute atomic E-state index is 0.181. The summed E-state index contributed by atoms with van der Waals surface area (Å²) < 4.78 is 5.32. The SMILES string of the molecule is Cc1ccc(-c2cc(N)cc(C(=O)NC(C)c3ccco3)c2)cc1. The van der Waals surface area contributed by atoms with Crippen molar-refractivity contribution in [1.82, 2.24) is 5.32 Å². The number of carbonyl (C=O) groups excluding carboxylic acids is 1. The highest BCUT2D eigenvalue weighted by Crippen LogP contribution is 2.24. The highest BCUT2D eigenvalue weighted by Gasteiger charge is 2.14. The van der Waals surface area contributed by atoms with Crippen LogP contribution in [0.25, 0.3) is 11.1 Å². The molecule has 1 aromatic heterocycles. The molecule has 0 saturated carbocycles. The van der Waals surface area contributed by atoms with E-state index in [4.69, 9.17) is 10.2 Å². The summed E-state index contributed by atoms with van der Waals surface area (Å²) in [6.07, 6.45) is 1.59. The molecule has 3 aromatic rings. The standard InChI is InChI=1S/C20H20N2O2/c1-13-5-7-15(8-6-13)16-10-17(12-18(21)11-16)20(23)22-14(2)19-4-3-9-24-19/h3-12,14H,21H2,1-2H3,(H,22,23). The van der Waals surface area contributed by atoms with E-state index in [0.717, 1.165) is 11.1 Å². The highest BCUT2D eigenvalue weighted by molar-refractivity contribution is 5.96. The van der Waals surface area contributed by atoms with Crippen molar-refractivity contribution in [3.8, 4) is 11.1 Å². The number of nitrogens with two attached hydrogens (primary N) is 1. The van der Waals surface area contributed by atoms with E-state index >= 15 is 0 Å². The molecule has 0 radical (unpaired) electrons. The molecule has 1 unspecified atom stereocenters. The largest absolute Gasteiger partial charge is 0.467 e. The summed E-state index contributed by atoms with van der Waals surface area (Å²) in [5.41, 5.74) is 10.2. The van der Waals surface area contributed by atoms with Crippen molar-refractivity contribution in [3.63, 3.8) is 0 Å². The first-order chi connectivity index (χ1) is 11.5. The molecule has 24 heavy (non-hydrogen) atoms. The van der Waals surface area contributed by atoms with Gasteiger partial charge in [-0.25, -0.2) is 0 Å². The van der Waals surface area contributed by atoms with E-state index < -0.39 is 0 Å². The number of anilines is 1. The van der Waals surface area contributed by atoms with Crippen LogP contribution in [0.3, 0.4) is 0 Å². The van der Waals surface area contributed by atoms with Gasteiger partial charge in [0.25, 0.3) is 5.91 Å². The molecular weight excluding hydrogens is 300 g/mol. The Bertz CT molecular complexity index is 837. The molecule has 3 rings (SSSR count). The van der Waals surface area contributed by atoms with Gasteiger partial charge in [0.05, 0.1) is 12.3 Å². The lowest BCUT2D eigenvalue weighted by molar-refractivity contribution is 0.0935. The fraction of sp³-hybridized carbons (Fsp3) is 0.150. The molecule has 4 heteroatoms. The number of amides is 1. The number of hydrogen-bond acceptors (Lipinski definition) is 3. The first-order valence-electron chi connectivity index (χ1n) is 7.85. The molecule has 122 valence electrons. The normalized spacial score (nSPS) is 11.9. The van der Waals surface area contributed by atoms with Gasteiger partial charge in [-0.3, -0.25) is 4.79 Å². The lowest BCUT2D eigenvalue weighted by Crippen LogP contribution is -2.26. The van der Waals surface area contributed by atoms with E-state index in [0.29, 0.717) is 17.0 Å². The van der Waals surface area contributed by atoms with E-state index in [1.54, 1.807) is 18.4 Å². The van der Waals surface area contributed by atoms with Crippen LogP contribution < -0.4 is 11.1 Å². The van der Waals surface area contributed by atoms with Crippen molar-refractivity contribution in [1.29, 1.82) is 0 Å². The predicted molar refractivity (Wildman–Crippen MR) is 95.6 cm³/mol. The number of carbonyl (C=O) groups is 1. The molecule has 0 aliphatic rings. The summed E-state index contributed by atoms with van der Waals surface area (Å²) >= 11 is 0. The first-order valence-corrected chi connectivity index (χ1v) is 7.85. The zero-order valence-electron chi connectivity index (χ0n) is 13.7. The fourth-order valence-corrected chi connectivity index (χ4v) is 2.58. The van der Waals surface area contributed by atoms with Gasteiger partial charge >= 0.3 is 0 Å². The molecule has 3 N–H and O–H groups in total. The van der Waals surface area contributed by atoms with Gasteiger partial charge in [0.15, 0.2) is 0 Å². The third-order valence-electron chi connectivity index (χ3n) is 3.92. The van der Waals surface area contributed by atoms with E-state index in [1.165, 1.54) is 5.56 Å². The second-order valence-electron chi connectivity index (χ2n) is 5.92. The van der Waals surface area contributed by atoms with Crippen LogP contribution >= 0.6 is 0 Å². The van der Waals surface area contributed by atoms with E-state index in [2.05, 4.69) is 5.32 Å². The molecule has 0 saturated heterocycles. The second kappa shape index (κ2) is 6.62. The number of aryl methyl sites for hydroxylation is 1. The summed E-state index contributed by atoms with van der Waals surface area (Å²) in [7, 11) is 0. The summed E-state index contributed by atoms with van der Waals surface area (Å²) in [5, 5.41) is 2.93. The molecule has 0 aliphatic carbocycles. The minimum atomic E-state index is -0.211. The Morgan fingerprint density at radius 3 is 2.50 bits per heavy atom. The van der Waals surface area contributed by atoms with Crippen LogP contribution in [0.15, 0.2) is 65.3 Å². The van der Waals surface area contributed by atoms with E-state index in [9.17, 15) is 4.79 Å². The predicted octanol–water partition coefficient (Wildman–Crippen LogP) is 4.33. The Kier molecular flexibility index (Phi) is 4.38. The average Bonchev–Trinajstić information content (AvgIpc) is 3.09. The molecule has 0 bridgehead atoms. The van der Waals surface area contributed by atoms with Crippen LogP contribution in [0.4, 0.5) is 5.69 Å². The van der Waals surface area contributed by atoms with Crippen LogP contribution in [-0.2, 0) is 0 Å². The third-order valence-corrected chi connectivity index (χ3v) is 3.92. The number of hydrogen-bond donors (Lipinski definition) is 2. The van der Waals surface area contributed by atoms with Gasteiger partial charge in [-0.1, -0.05) is 29.8 Å². The van der Waals surface area contributed by atoms with Crippen LogP contribution in [0.2, 0.25) is 0 Å². The zero-order chi connectivity index (χ0) is 17.1. The number of furan rings is 1.